The van der Waals surface area contributed by atoms with Gasteiger partial charge in [0, 0.05) is 0 Å². The smallest absolute Gasteiger partial charge is 0.0190 e. The standard InChI is InChI=1S/C12H12/c1-10(9-11-7-8-11)12-5-3-2-4-6-12/h2-6,9H,1,7-8H2. The molecule has 0 bridgehead atoms. The first kappa shape index (κ1) is 7.35. The Morgan fingerprint density at radius 3 is 2.42 bits per heavy atom. The zero-order chi connectivity index (χ0) is 8.39. The predicted octanol–water partition coefficient (Wildman–Crippen LogP) is 3.42. The lowest BCUT2D eigenvalue weighted by Gasteiger charge is -1.97. The molecule has 1 saturated carbocycles. The Bertz CT molecular complexity index is 311. The Morgan fingerprint density at radius 1 is 1.17 bits per heavy atom. The van der Waals surface area contributed by atoms with Gasteiger partial charge in [-0.05, 0) is 24.0 Å². The molecule has 0 radical (unpaired) electrons. The van der Waals surface area contributed by atoms with Crippen LogP contribution in [0.5, 0.6) is 0 Å². The third-order valence-corrected chi connectivity index (χ3v) is 2.06. The molecule has 1 fully saturated rings. The minimum atomic E-state index is 1.14. The van der Waals surface area contributed by atoms with Gasteiger partial charge in [0.1, 0.15) is 0 Å². The van der Waals surface area contributed by atoms with Crippen molar-refractivity contribution in [3.8, 4) is 0 Å². The Kier molecular flexibility index (Phi) is 1.83. The van der Waals surface area contributed by atoms with Crippen LogP contribution in [0.15, 0.2) is 48.6 Å². The fraction of sp³-hybridized carbons (Fsp3) is 0.167. The highest BCUT2D eigenvalue weighted by Crippen LogP contribution is 2.30. The fourth-order valence-corrected chi connectivity index (χ4v) is 1.20. The van der Waals surface area contributed by atoms with E-state index in [0.717, 1.165) is 5.57 Å². The summed E-state index contributed by atoms with van der Waals surface area (Å²) in [5.74, 6) is 0. The van der Waals surface area contributed by atoms with Crippen molar-refractivity contribution in [2.24, 2.45) is 0 Å². The van der Waals surface area contributed by atoms with E-state index in [4.69, 9.17) is 0 Å². The van der Waals surface area contributed by atoms with Gasteiger partial charge < -0.3 is 0 Å². The summed E-state index contributed by atoms with van der Waals surface area (Å²) in [5, 5.41) is 0. The maximum Gasteiger partial charge on any atom is -0.0190 e. The minimum Gasteiger partial charge on any atom is -0.0912 e. The van der Waals surface area contributed by atoms with E-state index in [2.05, 4.69) is 24.8 Å². The Morgan fingerprint density at radius 2 is 1.83 bits per heavy atom. The molecule has 0 spiro atoms. The second-order valence-corrected chi connectivity index (χ2v) is 3.19. The molecule has 0 aliphatic heterocycles. The third kappa shape index (κ3) is 1.65. The quantitative estimate of drug-likeness (QED) is 0.615. The SMILES string of the molecule is C=C(C=C1CC1)c1ccccc1. The van der Waals surface area contributed by atoms with Gasteiger partial charge in [-0.15, -0.1) is 0 Å². The molecule has 0 unspecified atom stereocenters. The van der Waals surface area contributed by atoms with E-state index in [-0.39, 0.29) is 0 Å². The van der Waals surface area contributed by atoms with Crippen LogP contribution in [0.25, 0.3) is 5.57 Å². The molecular formula is C12H12. The topological polar surface area (TPSA) is 0 Å². The van der Waals surface area contributed by atoms with Gasteiger partial charge in [-0.3, -0.25) is 0 Å². The monoisotopic (exact) mass is 156 g/mol. The molecule has 1 aliphatic carbocycles. The fourth-order valence-electron chi connectivity index (χ4n) is 1.20. The van der Waals surface area contributed by atoms with Crippen molar-refractivity contribution in [1.29, 1.82) is 0 Å². The molecule has 12 heavy (non-hydrogen) atoms. The van der Waals surface area contributed by atoms with Crippen LogP contribution < -0.4 is 0 Å². The van der Waals surface area contributed by atoms with Gasteiger partial charge in [0.15, 0.2) is 0 Å². The molecule has 0 saturated heterocycles. The van der Waals surface area contributed by atoms with E-state index in [9.17, 15) is 0 Å². The zero-order valence-electron chi connectivity index (χ0n) is 7.09. The zero-order valence-corrected chi connectivity index (χ0v) is 7.09. The largest absolute Gasteiger partial charge is 0.0912 e. The minimum absolute atomic E-state index is 1.14. The number of hydrogen-bond donors (Lipinski definition) is 0. The predicted molar refractivity (Wildman–Crippen MR) is 52.8 cm³/mol. The van der Waals surface area contributed by atoms with Gasteiger partial charge in [0.05, 0.1) is 0 Å². The number of rotatable bonds is 2. The van der Waals surface area contributed by atoms with E-state index in [1.165, 1.54) is 24.0 Å². The molecule has 1 aromatic carbocycles. The summed E-state index contributed by atoms with van der Waals surface area (Å²) in [6.07, 6.45) is 4.74. The van der Waals surface area contributed by atoms with E-state index >= 15 is 0 Å². The van der Waals surface area contributed by atoms with Crippen molar-refractivity contribution in [1.82, 2.24) is 0 Å². The van der Waals surface area contributed by atoms with E-state index in [0.29, 0.717) is 0 Å². The van der Waals surface area contributed by atoms with Crippen LogP contribution in [0.2, 0.25) is 0 Å². The van der Waals surface area contributed by atoms with E-state index in [1.807, 2.05) is 18.2 Å². The van der Waals surface area contributed by atoms with Crippen molar-refractivity contribution < 1.29 is 0 Å². The van der Waals surface area contributed by atoms with Crippen molar-refractivity contribution in [3.05, 3.63) is 54.1 Å². The summed E-state index contributed by atoms with van der Waals surface area (Å²) in [5.41, 5.74) is 3.91. The van der Waals surface area contributed by atoms with Crippen LogP contribution in [-0.2, 0) is 0 Å². The molecule has 0 heteroatoms. The van der Waals surface area contributed by atoms with Gasteiger partial charge in [0.25, 0.3) is 0 Å². The lowest BCUT2D eigenvalue weighted by molar-refractivity contribution is 1.50. The molecule has 0 amide bonds. The van der Waals surface area contributed by atoms with Crippen molar-refractivity contribution >= 4 is 5.57 Å². The van der Waals surface area contributed by atoms with Crippen LogP contribution in [0.1, 0.15) is 18.4 Å². The Hall–Kier alpha value is -1.30. The maximum atomic E-state index is 4.03. The van der Waals surface area contributed by atoms with Gasteiger partial charge in [-0.25, -0.2) is 0 Å². The van der Waals surface area contributed by atoms with Crippen LogP contribution in [-0.4, -0.2) is 0 Å². The van der Waals surface area contributed by atoms with Gasteiger partial charge in [-0.1, -0.05) is 48.6 Å². The molecular weight excluding hydrogens is 144 g/mol. The molecule has 1 aromatic rings. The van der Waals surface area contributed by atoms with E-state index < -0.39 is 0 Å². The first-order valence-corrected chi connectivity index (χ1v) is 4.30. The summed E-state index contributed by atoms with van der Waals surface area (Å²) >= 11 is 0. The van der Waals surface area contributed by atoms with Crippen LogP contribution in [0.3, 0.4) is 0 Å². The molecule has 60 valence electrons. The summed E-state index contributed by atoms with van der Waals surface area (Å²) in [7, 11) is 0. The average Bonchev–Trinajstić information content (AvgIpc) is 2.90. The lowest BCUT2D eigenvalue weighted by Crippen LogP contribution is -1.75. The highest BCUT2D eigenvalue weighted by molar-refractivity contribution is 5.73. The first-order chi connectivity index (χ1) is 5.86. The highest BCUT2D eigenvalue weighted by atomic mass is 14.2. The van der Waals surface area contributed by atoms with E-state index in [1.54, 1.807) is 0 Å². The number of benzene rings is 1. The lowest BCUT2D eigenvalue weighted by atomic mass is 10.1. The van der Waals surface area contributed by atoms with Crippen molar-refractivity contribution in [2.75, 3.05) is 0 Å². The molecule has 0 nitrogen and oxygen atoms in total. The number of allylic oxidation sites excluding steroid dienone is 3. The molecule has 0 aromatic heterocycles. The normalized spacial score (nSPS) is 14.2. The molecule has 2 rings (SSSR count). The summed E-state index contributed by atoms with van der Waals surface area (Å²) in [6.45, 7) is 4.03. The van der Waals surface area contributed by atoms with Crippen molar-refractivity contribution in [3.63, 3.8) is 0 Å². The third-order valence-electron chi connectivity index (χ3n) is 2.06. The first-order valence-electron chi connectivity index (χ1n) is 4.30. The van der Waals surface area contributed by atoms with Crippen LogP contribution in [0, 0.1) is 0 Å². The Balaban J connectivity index is 2.20. The van der Waals surface area contributed by atoms with Crippen LogP contribution in [0.4, 0.5) is 0 Å². The second kappa shape index (κ2) is 2.98. The summed E-state index contributed by atoms with van der Waals surface area (Å²) < 4.78 is 0. The summed E-state index contributed by atoms with van der Waals surface area (Å²) in [4.78, 5) is 0. The number of hydrogen-bond acceptors (Lipinski definition) is 0. The highest BCUT2D eigenvalue weighted by Gasteiger charge is 2.10. The Labute approximate surface area is 73.2 Å². The second-order valence-electron chi connectivity index (χ2n) is 3.19. The van der Waals surface area contributed by atoms with Gasteiger partial charge in [0.2, 0.25) is 0 Å². The van der Waals surface area contributed by atoms with Gasteiger partial charge in [-0.2, -0.15) is 0 Å². The average molecular weight is 156 g/mol. The molecule has 0 heterocycles. The molecule has 0 atom stereocenters. The molecule has 1 aliphatic rings. The van der Waals surface area contributed by atoms with Gasteiger partial charge >= 0.3 is 0 Å². The van der Waals surface area contributed by atoms with Crippen molar-refractivity contribution in [2.45, 2.75) is 12.8 Å². The maximum absolute atomic E-state index is 4.03. The molecule has 0 N–H and O–H groups in total. The summed E-state index contributed by atoms with van der Waals surface area (Å²) in [6, 6.07) is 10.3. The van der Waals surface area contributed by atoms with Crippen LogP contribution >= 0.6 is 0 Å².